The van der Waals surface area contributed by atoms with E-state index in [1.165, 1.54) is 83.5 Å². The molecule has 208 valence electrons. The lowest BCUT2D eigenvalue weighted by Gasteiger charge is -2.39. The minimum absolute atomic E-state index is 0.329. The van der Waals surface area contributed by atoms with E-state index in [0.29, 0.717) is 60.9 Å². The van der Waals surface area contributed by atoms with Gasteiger partial charge >= 0.3 is 0 Å². The molecule has 0 saturated heterocycles. The molecule has 5 saturated carbocycles. The summed E-state index contributed by atoms with van der Waals surface area (Å²) < 4.78 is 26.4. The van der Waals surface area contributed by atoms with Gasteiger partial charge in [0, 0.05) is 12.1 Å². The van der Waals surface area contributed by atoms with Gasteiger partial charge in [-0.2, -0.15) is 0 Å². The highest BCUT2D eigenvalue weighted by molar-refractivity contribution is 4.84. The van der Waals surface area contributed by atoms with E-state index in [-0.39, 0.29) is 0 Å². The molecule has 0 aliphatic heterocycles. The fourth-order valence-corrected chi connectivity index (χ4v) is 7.75. The molecule has 36 heavy (non-hydrogen) atoms. The smallest absolute Gasteiger partial charge is 0.0603 e. The highest BCUT2D eigenvalue weighted by Gasteiger charge is 2.34. The van der Waals surface area contributed by atoms with Gasteiger partial charge in [0.15, 0.2) is 0 Å². The summed E-state index contributed by atoms with van der Waals surface area (Å²) in [6.45, 7) is 0. The van der Waals surface area contributed by atoms with Gasteiger partial charge in [-0.3, -0.25) is 0 Å². The van der Waals surface area contributed by atoms with Crippen LogP contribution in [0.1, 0.15) is 128 Å². The Morgan fingerprint density at radius 2 is 0.528 bits per heavy atom. The second kappa shape index (κ2) is 13.7. The highest BCUT2D eigenvalue weighted by atomic mass is 16.5. The molecule has 5 rings (SSSR count). The van der Waals surface area contributed by atoms with Gasteiger partial charge in [0.1, 0.15) is 0 Å². The van der Waals surface area contributed by atoms with Crippen LogP contribution in [0.15, 0.2) is 0 Å². The van der Waals surface area contributed by atoms with E-state index in [1.54, 1.807) is 0 Å². The highest BCUT2D eigenvalue weighted by Crippen LogP contribution is 2.34. The van der Waals surface area contributed by atoms with Crippen LogP contribution < -0.4 is 11.5 Å². The Bertz CT molecular complexity index is 598. The maximum Gasteiger partial charge on any atom is 0.0603 e. The summed E-state index contributed by atoms with van der Waals surface area (Å²) in [6.07, 6.45) is 25.9. The Morgan fingerprint density at radius 1 is 0.306 bits per heavy atom. The van der Waals surface area contributed by atoms with Crippen molar-refractivity contribution in [2.75, 3.05) is 0 Å². The molecule has 0 aromatic heterocycles. The first kappa shape index (κ1) is 27.3. The maximum atomic E-state index is 6.70. The molecule has 5 aliphatic rings. The minimum atomic E-state index is 0.329. The van der Waals surface area contributed by atoms with Gasteiger partial charge in [0.25, 0.3) is 0 Å². The van der Waals surface area contributed by atoms with Gasteiger partial charge in [-0.15, -0.1) is 0 Å². The number of hydrogen-bond donors (Lipinski definition) is 2. The molecule has 0 radical (unpaired) electrons. The minimum Gasteiger partial charge on any atom is -0.375 e. The maximum absolute atomic E-state index is 6.70. The Labute approximate surface area is 219 Å². The molecule has 0 aromatic rings. The van der Waals surface area contributed by atoms with Crippen LogP contribution in [-0.4, -0.2) is 60.9 Å². The first-order valence-corrected chi connectivity index (χ1v) is 15.7. The van der Waals surface area contributed by atoms with Crippen LogP contribution in [0.4, 0.5) is 0 Å². The van der Waals surface area contributed by atoms with Crippen molar-refractivity contribution in [2.45, 2.75) is 189 Å². The lowest BCUT2D eigenvalue weighted by atomic mass is 9.90. The summed E-state index contributed by atoms with van der Waals surface area (Å²) in [5, 5.41) is 0. The molecule has 0 bridgehead atoms. The van der Waals surface area contributed by atoms with Gasteiger partial charge < -0.3 is 30.4 Å². The molecule has 6 heteroatoms. The van der Waals surface area contributed by atoms with Crippen LogP contribution in [0, 0.1) is 0 Å². The number of rotatable bonds is 8. The van der Waals surface area contributed by atoms with E-state index in [4.69, 9.17) is 30.4 Å². The van der Waals surface area contributed by atoms with Gasteiger partial charge in [-0.05, 0) is 128 Å². The third kappa shape index (κ3) is 8.38. The zero-order valence-corrected chi connectivity index (χ0v) is 22.7. The second-order valence-electron chi connectivity index (χ2n) is 12.9. The van der Waals surface area contributed by atoms with Crippen LogP contribution in [-0.2, 0) is 18.9 Å². The Morgan fingerprint density at radius 3 is 0.778 bits per heavy atom. The summed E-state index contributed by atoms with van der Waals surface area (Å²) in [5.41, 5.74) is 12.4. The molecule has 0 spiro atoms. The molecule has 10 unspecified atom stereocenters. The van der Waals surface area contributed by atoms with Crippen molar-refractivity contribution in [3.63, 3.8) is 0 Å². The van der Waals surface area contributed by atoms with Crippen molar-refractivity contribution >= 4 is 0 Å². The van der Waals surface area contributed by atoms with E-state index in [9.17, 15) is 0 Å². The summed E-state index contributed by atoms with van der Waals surface area (Å²) in [6, 6.07) is 0.658. The van der Waals surface area contributed by atoms with E-state index in [0.717, 1.165) is 44.9 Å². The van der Waals surface area contributed by atoms with Gasteiger partial charge in [-0.25, -0.2) is 0 Å². The van der Waals surface area contributed by atoms with Gasteiger partial charge in [0.2, 0.25) is 0 Å². The Kier molecular flexibility index (Phi) is 10.4. The molecule has 0 aromatic carbocycles. The molecular weight excluding hydrogens is 452 g/mol. The Hall–Kier alpha value is -0.240. The normalized spacial score (nSPS) is 44.8. The molecule has 10 atom stereocenters. The molecule has 5 fully saturated rings. The predicted octanol–water partition coefficient (Wildman–Crippen LogP) is 5.53. The zero-order valence-electron chi connectivity index (χ0n) is 22.7. The Balaban J connectivity index is 1.03. The van der Waals surface area contributed by atoms with Crippen LogP contribution in [0.2, 0.25) is 0 Å². The predicted molar refractivity (Wildman–Crippen MR) is 143 cm³/mol. The lowest BCUT2D eigenvalue weighted by Crippen LogP contribution is -2.40. The molecule has 0 heterocycles. The van der Waals surface area contributed by atoms with Crippen LogP contribution in [0.3, 0.4) is 0 Å². The third-order valence-electron chi connectivity index (χ3n) is 9.61. The quantitative estimate of drug-likeness (QED) is 0.450. The van der Waals surface area contributed by atoms with E-state index < -0.39 is 0 Å². The summed E-state index contributed by atoms with van der Waals surface area (Å²) >= 11 is 0. The van der Waals surface area contributed by atoms with Crippen molar-refractivity contribution in [1.29, 1.82) is 0 Å². The first-order valence-electron chi connectivity index (χ1n) is 15.7. The van der Waals surface area contributed by atoms with E-state index in [1.807, 2.05) is 0 Å². The van der Waals surface area contributed by atoms with Gasteiger partial charge in [-0.1, -0.05) is 0 Å². The average molecular weight is 507 g/mol. The lowest BCUT2D eigenvalue weighted by molar-refractivity contribution is -0.136. The van der Waals surface area contributed by atoms with Crippen LogP contribution in [0.5, 0.6) is 0 Å². The summed E-state index contributed by atoms with van der Waals surface area (Å²) in [5.74, 6) is 0. The monoisotopic (exact) mass is 506 g/mol. The van der Waals surface area contributed by atoms with Crippen molar-refractivity contribution in [3.05, 3.63) is 0 Å². The van der Waals surface area contributed by atoms with Crippen molar-refractivity contribution < 1.29 is 18.9 Å². The molecular formula is C30H54N2O4. The fourth-order valence-electron chi connectivity index (χ4n) is 7.75. The third-order valence-corrected chi connectivity index (χ3v) is 9.61. The molecule has 0 amide bonds. The molecule has 6 nitrogen and oxygen atoms in total. The SMILES string of the molecule is NC1CCCC(OC2CCCC(OC3CCCC(OC4CCCC(OC5CCCC(N)C5)C4)C3)C2)C1. The largest absolute Gasteiger partial charge is 0.375 e. The van der Waals surface area contributed by atoms with Crippen molar-refractivity contribution in [3.8, 4) is 0 Å². The first-order chi connectivity index (χ1) is 17.6. The molecule has 4 N–H and O–H groups in total. The number of ether oxygens (including phenoxy) is 4. The number of nitrogens with two attached hydrogens (primary N) is 2. The summed E-state index contributed by atoms with van der Waals surface area (Å²) in [7, 11) is 0. The summed E-state index contributed by atoms with van der Waals surface area (Å²) in [4.78, 5) is 0. The van der Waals surface area contributed by atoms with Gasteiger partial charge in [0.05, 0.1) is 48.8 Å². The zero-order chi connectivity index (χ0) is 24.7. The van der Waals surface area contributed by atoms with Crippen LogP contribution >= 0.6 is 0 Å². The van der Waals surface area contributed by atoms with E-state index >= 15 is 0 Å². The second-order valence-corrected chi connectivity index (χ2v) is 12.9. The average Bonchev–Trinajstić information content (AvgIpc) is 2.85. The van der Waals surface area contributed by atoms with Crippen molar-refractivity contribution in [1.82, 2.24) is 0 Å². The van der Waals surface area contributed by atoms with Crippen molar-refractivity contribution in [2.24, 2.45) is 11.5 Å². The van der Waals surface area contributed by atoms with E-state index in [2.05, 4.69) is 0 Å². The topological polar surface area (TPSA) is 89.0 Å². The molecule has 5 aliphatic carbocycles. The van der Waals surface area contributed by atoms with Crippen LogP contribution in [0.25, 0.3) is 0 Å². The number of hydrogen-bond acceptors (Lipinski definition) is 6. The fraction of sp³-hybridized carbons (Fsp3) is 1.00. The standard InChI is InChI=1S/C30H54N2O4/c31-21-6-1-8-23(16-21)33-25-10-3-12-27(18-25)35-29-14-5-15-30(20-29)36-28-13-4-11-26(19-28)34-24-9-2-7-22(32)17-24/h21-30H,1-20,31-32H2.